The van der Waals surface area contributed by atoms with Gasteiger partial charge in [0.25, 0.3) is 0 Å². The van der Waals surface area contributed by atoms with Gasteiger partial charge in [-0.1, -0.05) is 18.5 Å². The van der Waals surface area contributed by atoms with Crippen LogP contribution in [0.2, 0.25) is 0 Å². The molecule has 0 saturated heterocycles. The SMILES string of the molecule is CCCCOc1cc(C)nc(C)c1/C(N)=N/O. The van der Waals surface area contributed by atoms with E-state index in [1.807, 2.05) is 13.8 Å². The van der Waals surface area contributed by atoms with Crippen molar-refractivity contribution in [3.05, 3.63) is 23.0 Å². The summed E-state index contributed by atoms with van der Waals surface area (Å²) < 4.78 is 5.65. The number of aromatic nitrogens is 1. The maximum absolute atomic E-state index is 8.76. The van der Waals surface area contributed by atoms with E-state index in [-0.39, 0.29) is 5.84 Å². The molecule has 1 rings (SSSR count). The summed E-state index contributed by atoms with van der Waals surface area (Å²) in [7, 11) is 0. The molecular weight excluding hydrogens is 218 g/mol. The van der Waals surface area contributed by atoms with Crippen molar-refractivity contribution in [1.29, 1.82) is 0 Å². The van der Waals surface area contributed by atoms with Crippen LogP contribution in [-0.2, 0) is 0 Å². The lowest BCUT2D eigenvalue weighted by atomic mass is 10.1. The molecule has 5 nitrogen and oxygen atoms in total. The molecular formula is C12H19N3O2. The molecule has 0 atom stereocenters. The minimum atomic E-state index is 0.0292. The Balaban J connectivity index is 3.07. The van der Waals surface area contributed by atoms with Crippen LogP contribution in [0.1, 0.15) is 36.7 Å². The van der Waals surface area contributed by atoms with E-state index in [0.717, 1.165) is 18.5 Å². The summed E-state index contributed by atoms with van der Waals surface area (Å²) in [5, 5.41) is 11.8. The zero-order valence-corrected chi connectivity index (χ0v) is 10.5. The molecule has 0 fully saturated rings. The number of rotatable bonds is 5. The second-order valence-corrected chi connectivity index (χ2v) is 3.91. The van der Waals surface area contributed by atoms with E-state index in [9.17, 15) is 0 Å². The van der Waals surface area contributed by atoms with E-state index >= 15 is 0 Å². The Bertz CT molecular complexity index is 416. The van der Waals surface area contributed by atoms with Crippen LogP contribution in [0.25, 0.3) is 0 Å². The summed E-state index contributed by atoms with van der Waals surface area (Å²) in [6.07, 6.45) is 2.03. The van der Waals surface area contributed by atoms with Crippen LogP contribution in [0, 0.1) is 13.8 Å². The predicted molar refractivity (Wildman–Crippen MR) is 66.6 cm³/mol. The van der Waals surface area contributed by atoms with Crippen molar-refractivity contribution in [1.82, 2.24) is 4.98 Å². The van der Waals surface area contributed by atoms with Crippen LogP contribution in [0.15, 0.2) is 11.2 Å². The highest BCUT2D eigenvalue weighted by Crippen LogP contribution is 2.22. The first kappa shape index (κ1) is 13.3. The average molecular weight is 237 g/mol. The monoisotopic (exact) mass is 237 g/mol. The van der Waals surface area contributed by atoms with Gasteiger partial charge in [0, 0.05) is 11.8 Å². The van der Waals surface area contributed by atoms with E-state index in [1.54, 1.807) is 6.07 Å². The number of hydrogen-bond donors (Lipinski definition) is 2. The van der Waals surface area contributed by atoms with Crippen LogP contribution in [0.5, 0.6) is 5.75 Å². The molecule has 0 spiro atoms. The van der Waals surface area contributed by atoms with Gasteiger partial charge in [0.15, 0.2) is 5.84 Å². The summed E-state index contributed by atoms with van der Waals surface area (Å²) in [6, 6.07) is 1.80. The number of aryl methyl sites for hydroxylation is 2. The Labute approximate surface area is 101 Å². The molecule has 0 unspecified atom stereocenters. The highest BCUT2D eigenvalue weighted by atomic mass is 16.5. The molecule has 0 bridgehead atoms. The van der Waals surface area contributed by atoms with Gasteiger partial charge in [0.1, 0.15) is 5.75 Å². The lowest BCUT2D eigenvalue weighted by molar-refractivity contribution is 0.305. The molecule has 94 valence electrons. The van der Waals surface area contributed by atoms with E-state index in [2.05, 4.69) is 17.1 Å². The summed E-state index contributed by atoms with van der Waals surface area (Å²) in [5.74, 6) is 0.653. The fourth-order valence-electron chi connectivity index (χ4n) is 1.59. The molecule has 0 aliphatic heterocycles. The maximum atomic E-state index is 8.76. The quantitative estimate of drug-likeness (QED) is 0.270. The molecule has 17 heavy (non-hydrogen) atoms. The van der Waals surface area contributed by atoms with Crippen molar-refractivity contribution in [2.75, 3.05) is 6.61 Å². The van der Waals surface area contributed by atoms with Gasteiger partial charge in [-0.15, -0.1) is 0 Å². The number of pyridine rings is 1. The molecule has 1 aromatic rings. The van der Waals surface area contributed by atoms with Crippen LogP contribution in [0.3, 0.4) is 0 Å². The molecule has 0 saturated carbocycles. The standard InChI is InChI=1S/C12H19N3O2/c1-4-5-6-17-10-7-8(2)14-9(3)11(10)12(13)15-16/h7,16H,4-6H2,1-3H3,(H2,13,15). The number of hydrogen-bond acceptors (Lipinski definition) is 4. The number of unbranched alkanes of at least 4 members (excludes halogenated alkanes) is 1. The van der Waals surface area contributed by atoms with Crippen LogP contribution >= 0.6 is 0 Å². The fraction of sp³-hybridized carbons (Fsp3) is 0.500. The first-order chi connectivity index (χ1) is 8.10. The largest absolute Gasteiger partial charge is 0.493 e. The van der Waals surface area contributed by atoms with E-state index in [1.165, 1.54) is 0 Å². The molecule has 0 amide bonds. The van der Waals surface area contributed by atoms with Gasteiger partial charge in [-0.25, -0.2) is 0 Å². The zero-order valence-electron chi connectivity index (χ0n) is 10.5. The first-order valence-corrected chi connectivity index (χ1v) is 5.69. The second kappa shape index (κ2) is 6.08. The lowest BCUT2D eigenvalue weighted by Gasteiger charge is -2.13. The minimum Gasteiger partial charge on any atom is -0.493 e. The zero-order chi connectivity index (χ0) is 12.8. The molecule has 1 heterocycles. The number of nitrogens with zero attached hydrogens (tertiary/aromatic N) is 2. The summed E-state index contributed by atoms with van der Waals surface area (Å²) >= 11 is 0. The molecule has 1 aromatic heterocycles. The summed E-state index contributed by atoms with van der Waals surface area (Å²) in [6.45, 7) is 6.41. The predicted octanol–water partition coefficient (Wildman–Crippen LogP) is 1.97. The van der Waals surface area contributed by atoms with Gasteiger partial charge in [-0.05, 0) is 20.3 Å². The van der Waals surface area contributed by atoms with Crippen LogP contribution in [-0.4, -0.2) is 22.6 Å². The Morgan fingerprint density at radius 3 is 2.82 bits per heavy atom. The first-order valence-electron chi connectivity index (χ1n) is 5.69. The Kier molecular flexibility index (Phi) is 4.75. The van der Waals surface area contributed by atoms with E-state index in [4.69, 9.17) is 15.7 Å². The molecule has 0 aliphatic rings. The van der Waals surface area contributed by atoms with Crippen molar-refractivity contribution in [2.45, 2.75) is 33.6 Å². The van der Waals surface area contributed by atoms with Crippen molar-refractivity contribution < 1.29 is 9.94 Å². The van der Waals surface area contributed by atoms with Gasteiger partial charge in [0.2, 0.25) is 0 Å². The van der Waals surface area contributed by atoms with Gasteiger partial charge in [0.05, 0.1) is 17.9 Å². The Morgan fingerprint density at radius 2 is 2.24 bits per heavy atom. The molecule has 0 radical (unpaired) electrons. The molecule has 5 heteroatoms. The van der Waals surface area contributed by atoms with Crippen LogP contribution < -0.4 is 10.5 Å². The second-order valence-electron chi connectivity index (χ2n) is 3.91. The highest BCUT2D eigenvalue weighted by molar-refractivity contribution is 6.00. The average Bonchev–Trinajstić information content (AvgIpc) is 2.28. The fourth-order valence-corrected chi connectivity index (χ4v) is 1.59. The summed E-state index contributed by atoms with van der Waals surface area (Å²) in [5.41, 5.74) is 7.75. The Hall–Kier alpha value is -1.78. The van der Waals surface area contributed by atoms with Crippen molar-refractivity contribution >= 4 is 5.84 Å². The Morgan fingerprint density at radius 1 is 1.53 bits per heavy atom. The normalized spacial score (nSPS) is 11.6. The number of oxime groups is 1. The topological polar surface area (TPSA) is 80.7 Å². The van der Waals surface area contributed by atoms with Gasteiger partial charge >= 0.3 is 0 Å². The number of nitrogens with two attached hydrogens (primary N) is 1. The minimum absolute atomic E-state index is 0.0292. The lowest BCUT2D eigenvalue weighted by Crippen LogP contribution is -2.18. The molecule has 0 aromatic carbocycles. The molecule has 0 aliphatic carbocycles. The van der Waals surface area contributed by atoms with Crippen molar-refractivity contribution in [3.63, 3.8) is 0 Å². The number of amidine groups is 1. The summed E-state index contributed by atoms with van der Waals surface area (Å²) in [4.78, 5) is 4.28. The third-order valence-corrected chi connectivity index (χ3v) is 2.41. The number of ether oxygens (including phenoxy) is 1. The van der Waals surface area contributed by atoms with Crippen molar-refractivity contribution in [3.8, 4) is 5.75 Å². The van der Waals surface area contributed by atoms with Gasteiger partial charge in [-0.3, -0.25) is 4.98 Å². The third kappa shape index (κ3) is 3.34. The highest BCUT2D eigenvalue weighted by Gasteiger charge is 2.13. The van der Waals surface area contributed by atoms with Crippen LogP contribution in [0.4, 0.5) is 0 Å². The maximum Gasteiger partial charge on any atom is 0.175 e. The third-order valence-electron chi connectivity index (χ3n) is 2.41. The van der Waals surface area contributed by atoms with Gasteiger partial charge in [-0.2, -0.15) is 0 Å². The van der Waals surface area contributed by atoms with E-state index < -0.39 is 0 Å². The smallest absolute Gasteiger partial charge is 0.175 e. The molecule has 3 N–H and O–H groups in total. The van der Waals surface area contributed by atoms with E-state index in [0.29, 0.717) is 23.6 Å². The van der Waals surface area contributed by atoms with Gasteiger partial charge < -0.3 is 15.7 Å². The van der Waals surface area contributed by atoms with Crippen molar-refractivity contribution in [2.24, 2.45) is 10.9 Å².